The molecule has 1 aromatic heterocycles. The van der Waals surface area contributed by atoms with Crippen LogP contribution in [-0.4, -0.2) is 35.9 Å². The van der Waals surface area contributed by atoms with Crippen LogP contribution in [0.5, 0.6) is 11.5 Å². The fourth-order valence-electron chi connectivity index (χ4n) is 3.81. The molecule has 0 saturated heterocycles. The Morgan fingerprint density at radius 2 is 1.62 bits per heavy atom. The van der Waals surface area contributed by atoms with Crippen LogP contribution < -0.4 is 20.3 Å². The molecule has 0 aliphatic rings. The molecule has 3 aromatic carbocycles. The molecule has 0 aliphatic heterocycles. The molecule has 8 nitrogen and oxygen atoms in total. The summed E-state index contributed by atoms with van der Waals surface area (Å²) in [6.07, 6.45) is -3.86. The van der Waals surface area contributed by atoms with Crippen molar-refractivity contribution >= 4 is 33.9 Å². The van der Waals surface area contributed by atoms with Crippen molar-refractivity contribution in [2.24, 2.45) is 0 Å². The van der Waals surface area contributed by atoms with Crippen LogP contribution in [0, 0.1) is 0 Å². The Bertz CT molecular complexity index is 1420. The van der Waals surface area contributed by atoms with E-state index in [-0.39, 0.29) is 24.7 Å². The number of amides is 2. The number of fused-ring (bicyclic) bond motifs is 1. The quantitative estimate of drug-likeness (QED) is 0.0928. The van der Waals surface area contributed by atoms with Gasteiger partial charge in [0.2, 0.25) is 0 Å². The Balaban J connectivity index is 1.35. The molecule has 2 amide bonds. The number of furan rings is 1. The van der Waals surface area contributed by atoms with E-state index in [1.165, 1.54) is 17.6 Å². The second-order valence-corrected chi connectivity index (χ2v) is 9.22. The molecule has 1 heterocycles. The van der Waals surface area contributed by atoms with Crippen molar-refractivity contribution in [1.29, 1.82) is 0 Å². The van der Waals surface area contributed by atoms with Gasteiger partial charge in [-0.3, -0.25) is 14.8 Å². The number of thioether (sulfide) groups is 1. The van der Waals surface area contributed by atoms with Crippen LogP contribution in [0.2, 0.25) is 0 Å². The lowest BCUT2D eigenvalue weighted by atomic mass is 10.0. The highest BCUT2D eigenvalue weighted by Crippen LogP contribution is 2.28. The Kier molecular flexibility index (Phi) is 8.99. The van der Waals surface area contributed by atoms with E-state index < -0.39 is 17.5 Å². The van der Waals surface area contributed by atoms with Gasteiger partial charge in [0, 0.05) is 15.8 Å². The molecule has 0 spiro atoms. The van der Waals surface area contributed by atoms with Crippen LogP contribution in [0.1, 0.15) is 21.7 Å². The Morgan fingerprint density at radius 3 is 2.31 bits per heavy atom. The fraction of sp³-hybridized carbons (Fsp3) is 0.185. The van der Waals surface area contributed by atoms with Crippen molar-refractivity contribution in [1.82, 2.24) is 10.8 Å². The minimum Gasteiger partial charge on any atom is -0.492 e. The molecule has 4 rings (SSSR count). The SMILES string of the molecule is O=C(NO)Sc1ccc(OCCNC(=O)c2oc3ccccc3c2CCc2ccc(OC(F)(F)F)cc2)cc1. The van der Waals surface area contributed by atoms with Crippen molar-refractivity contribution in [3.05, 3.63) is 89.7 Å². The van der Waals surface area contributed by atoms with Crippen molar-refractivity contribution in [2.75, 3.05) is 13.2 Å². The standard InChI is InChI=1S/C27H23F3N2O6S/c28-27(29,30)38-19-8-5-17(6-9-19)7-14-22-21-3-1-2-4-23(21)37-24(22)25(33)31-15-16-36-18-10-12-20(13-11-18)39-26(34)32-35/h1-6,8-13,35H,7,14-16H2,(H,31,33)(H,32,34). The number of carbonyl (C=O) groups is 2. The van der Waals surface area contributed by atoms with E-state index in [2.05, 4.69) is 10.1 Å². The average molecular weight is 561 g/mol. The Labute approximate surface area is 225 Å². The highest BCUT2D eigenvalue weighted by molar-refractivity contribution is 8.13. The van der Waals surface area contributed by atoms with E-state index in [9.17, 15) is 22.8 Å². The number of hydrogen-bond donors (Lipinski definition) is 3. The summed E-state index contributed by atoms with van der Waals surface area (Å²) in [7, 11) is 0. The minimum atomic E-state index is -4.76. The van der Waals surface area contributed by atoms with Gasteiger partial charge in [-0.05, 0) is 72.6 Å². The monoisotopic (exact) mass is 560 g/mol. The predicted octanol–water partition coefficient (Wildman–Crippen LogP) is 6.12. The molecular formula is C27H23F3N2O6S. The van der Waals surface area contributed by atoms with Gasteiger partial charge in [0.1, 0.15) is 23.7 Å². The fourth-order valence-corrected chi connectivity index (χ4v) is 4.34. The highest BCUT2D eigenvalue weighted by Gasteiger charge is 2.31. The lowest BCUT2D eigenvalue weighted by Crippen LogP contribution is -2.28. The van der Waals surface area contributed by atoms with Gasteiger partial charge in [-0.2, -0.15) is 0 Å². The molecule has 204 valence electrons. The van der Waals surface area contributed by atoms with Crippen molar-refractivity contribution in [3.8, 4) is 11.5 Å². The first-order valence-electron chi connectivity index (χ1n) is 11.7. The summed E-state index contributed by atoms with van der Waals surface area (Å²) in [6, 6.07) is 19.5. The number of benzene rings is 3. The normalized spacial score (nSPS) is 11.3. The van der Waals surface area contributed by atoms with Crippen molar-refractivity contribution in [2.45, 2.75) is 24.1 Å². The van der Waals surface area contributed by atoms with Crippen LogP contribution in [0.4, 0.5) is 18.0 Å². The number of ether oxygens (including phenoxy) is 2. The zero-order valence-corrected chi connectivity index (χ0v) is 21.1. The van der Waals surface area contributed by atoms with E-state index >= 15 is 0 Å². The number of halogens is 3. The summed E-state index contributed by atoms with van der Waals surface area (Å²) in [5.74, 6) is -0.0161. The lowest BCUT2D eigenvalue weighted by molar-refractivity contribution is -0.274. The van der Waals surface area contributed by atoms with Gasteiger partial charge in [-0.25, -0.2) is 5.48 Å². The molecule has 0 fully saturated rings. The average Bonchev–Trinajstić information content (AvgIpc) is 3.29. The van der Waals surface area contributed by atoms with Gasteiger partial charge < -0.3 is 19.2 Å². The summed E-state index contributed by atoms with van der Waals surface area (Å²) in [6.45, 7) is 0.372. The number of nitrogens with one attached hydrogen (secondary N) is 2. The number of carbonyl (C=O) groups excluding carboxylic acids is 2. The van der Waals surface area contributed by atoms with Gasteiger partial charge in [-0.15, -0.1) is 13.2 Å². The van der Waals surface area contributed by atoms with Gasteiger partial charge >= 0.3 is 11.6 Å². The van der Waals surface area contributed by atoms with Gasteiger partial charge in [-0.1, -0.05) is 30.3 Å². The van der Waals surface area contributed by atoms with E-state index in [0.29, 0.717) is 34.6 Å². The molecule has 0 saturated carbocycles. The summed E-state index contributed by atoms with van der Waals surface area (Å²) < 4.78 is 52.6. The van der Waals surface area contributed by atoms with Crippen LogP contribution >= 0.6 is 11.8 Å². The second kappa shape index (κ2) is 12.6. The molecule has 39 heavy (non-hydrogen) atoms. The van der Waals surface area contributed by atoms with E-state index in [1.807, 2.05) is 12.1 Å². The van der Waals surface area contributed by atoms with E-state index in [1.54, 1.807) is 48.5 Å². The summed E-state index contributed by atoms with van der Waals surface area (Å²) >= 11 is 0.820. The third-order valence-corrected chi connectivity index (χ3v) is 6.29. The maximum Gasteiger partial charge on any atom is 0.573 e. The van der Waals surface area contributed by atoms with E-state index in [0.717, 1.165) is 22.7 Å². The zero-order chi connectivity index (χ0) is 27.8. The summed E-state index contributed by atoms with van der Waals surface area (Å²) in [4.78, 5) is 24.8. The third-order valence-electron chi connectivity index (χ3n) is 5.51. The lowest BCUT2D eigenvalue weighted by Gasteiger charge is -2.10. The smallest absolute Gasteiger partial charge is 0.492 e. The number of para-hydroxylation sites is 1. The Hall–Kier alpha value is -4.16. The molecule has 0 aliphatic carbocycles. The summed E-state index contributed by atoms with van der Waals surface area (Å²) in [5.41, 5.74) is 3.56. The first-order valence-corrected chi connectivity index (χ1v) is 12.5. The molecular weight excluding hydrogens is 537 g/mol. The maximum absolute atomic E-state index is 13.0. The van der Waals surface area contributed by atoms with Gasteiger partial charge in [0.25, 0.3) is 5.91 Å². The number of aryl methyl sites for hydroxylation is 2. The molecule has 4 aromatic rings. The largest absolute Gasteiger partial charge is 0.573 e. The van der Waals surface area contributed by atoms with Crippen LogP contribution in [0.15, 0.2) is 82.1 Å². The van der Waals surface area contributed by atoms with Crippen LogP contribution in [-0.2, 0) is 12.8 Å². The topological polar surface area (TPSA) is 110 Å². The molecule has 0 radical (unpaired) electrons. The zero-order valence-electron chi connectivity index (χ0n) is 20.3. The van der Waals surface area contributed by atoms with Crippen molar-refractivity contribution in [3.63, 3.8) is 0 Å². The maximum atomic E-state index is 13.0. The molecule has 12 heteroatoms. The number of rotatable bonds is 10. The summed E-state index contributed by atoms with van der Waals surface area (Å²) in [5, 5.41) is 11.5. The number of hydroxylamine groups is 1. The first kappa shape index (κ1) is 27.9. The second-order valence-electron chi connectivity index (χ2n) is 8.17. The van der Waals surface area contributed by atoms with E-state index in [4.69, 9.17) is 14.4 Å². The molecule has 0 bridgehead atoms. The van der Waals surface area contributed by atoms with Gasteiger partial charge in [0.15, 0.2) is 5.76 Å². The molecule has 3 N–H and O–H groups in total. The highest BCUT2D eigenvalue weighted by atomic mass is 32.2. The predicted molar refractivity (Wildman–Crippen MR) is 137 cm³/mol. The molecule has 0 atom stereocenters. The van der Waals surface area contributed by atoms with Crippen LogP contribution in [0.3, 0.4) is 0 Å². The number of alkyl halides is 3. The first-order chi connectivity index (χ1) is 18.7. The van der Waals surface area contributed by atoms with Crippen LogP contribution in [0.25, 0.3) is 11.0 Å². The Morgan fingerprint density at radius 1 is 0.923 bits per heavy atom. The number of hydrogen-bond acceptors (Lipinski definition) is 7. The van der Waals surface area contributed by atoms with Crippen molar-refractivity contribution < 1.29 is 41.9 Å². The van der Waals surface area contributed by atoms with Gasteiger partial charge in [0.05, 0.1) is 6.54 Å². The minimum absolute atomic E-state index is 0.164. The molecule has 0 unspecified atom stereocenters. The third kappa shape index (κ3) is 7.91.